The highest BCUT2D eigenvalue weighted by Gasteiger charge is 2.25. The Morgan fingerprint density at radius 3 is 2.88 bits per heavy atom. The Morgan fingerprint density at radius 1 is 1.32 bits per heavy atom. The van der Waals surface area contributed by atoms with E-state index in [4.69, 9.17) is 9.15 Å². The number of nitrogens with zero attached hydrogens (tertiary/aromatic N) is 2. The molecule has 0 radical (unpaired) electrons. The summed E-state index contributed by atoms with van der Waals surface area (Å²) in [6.45, 7) is 2.18. The van der Waals surface area contributed by atoms with Gasteiger partial charge in [-0.1, -0.05) is 31.0 Å². The van der Waals surface area contributed by atoms with Crippen LogP contribution in [0.25, 0.3) is 0 Å². The van der Waals surface area contributed by atoms with Crippen LogP contribution in [0.2, 0.25) is 0 Å². The second kappa shape index (κ2) is 8.37. The van der Waals surface area contributed by atoms with Crippen LogP contribution in [0.1, 0.15) is 50.8 Å². The SMILES string of the molecule is CCOC(=O)C1=C(CSc2nnc(C3CCCCC3)o2)NC(=O)NC1. The molecule has 0 aromatic carbocycles. The van der Waals surface area contributed by atoms with Crippen molar-refractivity contribution in [2.75, 3.05) is 18.9 Å². The minimum atomic E-state index is -0.431. The molecule has 2 heterocycles. The molecule has 3 rings (SSSR count). The highest BCUT2D eigenvalue weighted by atomic mass is 32.2. The number of hydrogen-bond acceptors (Lipinski definition) is 7. The number of rotatable bonds is 6. The van der Waals surface area contributed by atoms with Gasteiger partial charge in [-0.2, -0.15) is 0 Å². The first-order valence-electron chi connectivity index (χ1n) is 8.57. The van der Waals surface area contributed by atoms with Gasteiger partial charge in [0.25, 0.3) is 5.22 Å². The Bertz CT molecular complexity index is 667. The largest absolute Gasteiger partial charge is 0.463 e. The molecule has 8 nitrogen and oxygen atoms in total. The van der Waals surface area contributed by atoms with Gasteiger partial charge in [0.1, 0.15) is 0 Å². The third-order valence-corrected chi connectivity index (χ3v) is 5.14. The van der Waals surface area contributed by atoms with Crippen molar-refractivity contribution >= 4 is 23.8 Å². The fourth-order valence-corrected chi connectivity index (χ4v) is 3.75. The molecule has 0 unspecified atom stereocenters. The molecule has 25 heavy (non-hydrogen) atoms. The van der Waals surface area contributed by atoms with E-state index in [1.54, 1.807) is 6.92 Å². The van der Waals surface area contributed by atoms with E-state index in [-0.39, 0.29) is 19.2 Å². The molecule has 2 N–H and O–H groups in total. The standard InChI is InChI=1S/C16H22N4O4S/c1-2-23-14(21)11-8-17-15(22)18-12(11)9-25-16-20-19-13(24-16)10-6-4-3-5-7-10/h10H,2-9H2,1H3,(H2,17,18,22). The van der Waals surface area contributed by atoms with Gasteiger partial charge < -0.3 is 19.8 Å². The summed E-state index contributed by atoms with van der Waals surface area (Å²) in [4.78, 5) is 23.6. The zero-order chi connectivity index (χ0) is 17.6. The first kappa shape index (κ1) is 17.8. The fourth-order valence-electron chi connectivity index (χ4n) is 3.00. The molecule has 1 fully saturated rings. The van der Waals surface area contributed by atoms with Crippen molar-refractivity contribution in [2.45, 2.75) is 50.2 Å². The van der Waals surface area contributed by atoms with Crippen LogP contribution in [0.15, 0.2) is 20.9 Å². The van der Waals surface area contributed by atoms with Gasteiger partial charge in [-0.05, 0) is 19.8 Å². The summed E-state index contributed by atoms with van der Waals surface area (Å²) in [5.74, 6) is 0.965. The van der Waals surface area contributed by atoms with Crippen molar-refractivity contribution in [1.29, 1.82) is 0 Å². The number of amides is 2. The summed E-state index contributed by atoms with van der Waals surface area (Å²) in [7, 11) is 0. The van der Waals surface area contributed by atoms with Crippen LogP contribution in [0.4, 0.5) is 4.79 Å². The molecule has 1 aliphatic heterocycles. The maximum atomic E-state index is 12.0. The van der Waals surface area contributed by atoms with E-state index in [1.807, 2.05) is 0 Å². The van der Waals surface area contributed by atoms with E-state index in [1.165, 1.54) is 31.0 Å². The molecule has 0 saturated heterocycles. The lowest BCUT2D eigenvalue weighted by Crippen LogP contribution is -2.44. The minimum absolute atomic E-state index is 0.151. The maximum absolute atomic E-state index is 12.0. The molecule has 1 aromatic heterocycles. The van der Waals surface area contributed by atoms with E-state index < -0.39 is 5.97 Å². The van der Waals surface area contributed by atoms with Crippen LogP contribution >= 0.6 is 11.8 Å². The van der Waals surface area contributed by atoms with Gasteiger partial charge in [0.15, 0.2) is 0 Å². The molecule has 2 amide bonds. The minimum Gasteiger partial charge on any atom is -0.463 e. The summed E-state index contributed by atoms with van der Waals surface area (Å²) < 4.78 is 10.8. The van der Waals surface area contributed by atoms with E-state index in [9.17, 15) is 9.59 Å². The van der Waals surface area contributed by atoms with E-state index in [0.29, 0.717) is 34.1 Å². The Labute approximate surface area is 150 Å². The predicted octanol–water partition coefficient (Wildman–Crippen LogP) is 2.34. The van der Waals surface area contributed by atoms with E-state index in [0.717, 1.165) is 12.8 Å². The first-order valence-corrected chi connectivity index (χ1v) is 9.56. The van der Waals surface area contributed by atoms with Gasteiger partial charge in [0.2, 0.25) is 5.89 Å². The lowest BCUT2D eigenvalue weighted by atomic mass is 9.89. The number of esters is 1. The predicted molar refractivity (Wildman–Crippen MR) is 91.0 cm³/mol. The zero-order valence-corrected chi connectivity index (χ0v) is 15.0. The molecule has 1 aliphatic carbocycles. The lowest BCUT2D eigenvalue weighted by Gasteiger charge is -2.20. The second-order valence-electron chi connectivity index (χ2n) is 6.02. The number of thioether (sulfide) groups is 1. The average molecular weight is 366 g/mol. The third-order valence-electron chi connectivity index (χ3n) is 4.29. The summed E-state index contributed by atoms with van der Waals surface area (Å²) in [6.07, 6.45) is 5.85. The maximum Gasteiger partial charge on any atom is 0.337 e. The summed E-state index contributed by atoms with van der Waals surface area (Å²) in [5, 5.41) is 13.9. The van der Waals surface area contributed by atoms with Crippen molar-refractivity contribution in [2.24, 2.45) is 0 Å². The van der Waals surface area contributed by atoms with Gasteiger partial charge >= 0.3 is 12.0 Å². The number of carbonyl (C=O) groups is 2. The molecular weight excluding hydrogens is 344 g/mol. The molecule has 9 heteroatoms. The van der Waals surface area contributed by atoms with Crippen molar-refractivity contribution in [1.82, 2.24) is 20.8 Å². The van der Waals surface area contributed by atoms with Gasteiger partial charge in [-0.3, -0.25) is 0 Å². The summed E-state index contributed by atoms with van der Waals surface area (Å²) in [6, 6.07) is -0.336. The van der Waals surface area contributed by atoms with Gasteiger partial charge in [-0.15, -0.1) is 10.2 Å². The number of ether oxygens (including phenoxy) is 1. The Hall–Kier alpha value is -2.03. The Kier molecular flexibility index (Phi) is 5.95. The van der Waals surface area contributed by atoms with Gasteiger partial charge in [-0.25, -0.2) is 9.59 Å². The fraction of sp³-hybridized carbons (Fsp3) is 0.625. The van der Waals surface area contributed by atoms with Crippen molar-refractivity contribution in [3.05, 3.63) is 17.2 Å². The zero-order valence-electron chi connectivity index (χ0n) is 14.2. The van der Waals surface area contributed by atoms with E-state index in [2.05, 4.69) is 20.8 Å². The topological polar surface area (TPSA) is 106 Å². The van der Waals surface area contributed by atoms with Crippen LogP contribution < -0.4 is 10.6 Å². The van der Waals surface area contributed by atoms with Gasteiger partial charge in [0, 0.05) is 17.4 Å². The molecule has 1 saturated carbocycles. The molecule has 0 bridgehead atoms. The normalized spacial score (nSPS) is 18.7. The Balaban J connectivity index is 1.65. The monoisotopic (exact) mass is 366 g/mol. The van der Waals surface area contributed by atoms with Gasteiger partial charge in [0.05, 0.1) is 18.7 Å². The number of hydrogen-bond donors (Lipinski definition) is 2. The molecule has 1 aromatic rings. The van der Waals surface area contributed by atoms with Crippen molar-refractivity contribution in [3.63, 3.8) is 0 Å². The second-order valence-corrected chi connectivity index (χ2v) is 6.94. The molecule has 2 aliphatic rings. The van der Waals surface area contributed by atoms with Crippen LogP contribution in [0.3, 0.4) is 0 Å². The number of urea groups is 1. The highest BCUT2D eigenvalue weighted by molar-refractivity contribution is 7.99. The lowest BCUT2D eigenvalue weighted by molar-refractivity contribution is -0.138. The van der Waals surface area contributed by atoms with Crippen molar-refractivity contribution in [3.8, 4) is 0 Å². The first-order chi connectivity index (χ1) is 12.2. The molecule has 136 valence electrons. The summed E-state index contributed by atoms with van der Waals surface area (Å²) in [5.41, 5.74) is 0.936. The molecule has 0 spiro atoms. The summed E-state index contributed by atoms with van der Waals surface area (Å²) >= 11 is 1.30. The van der Waals surface area contributed by atoms with E-state index >= 15 is 0 Å². The van der Waals surface area contributed by atoms with Crippen LogP contribution in [-0.4, -0.2) is 41.1 Å². The third kappa shape index (κ3) is 4.53. The quantitative estimate of drug-likeness (QED) is 0.588. The molecule has 0 atom stereocenters. The number of carbonyl (C=O) groups excluding carboxylic acids is 2. The smallest absolute Gasteiger partial charge is 0.337 e. The van der Waals surface area contributed by atoms with Crippen molar-refractivity contribution < 1.29 is 18.7 Å². The molecular formula is C16H22N4O4S. The average Bonchev–Trinajstić information content (AvgIpc) is 3.10. The van der Waals surface area contributed by atoms with Crippen LogP contribution in [0, 0.1) is 0 Å². The Morgan fingerprint density at radius 2 is 2.12 bits per heavy atom. The highest BCUT2D eigenvalue weighted by Crippen LogP contribution is 2.33. The van der Waals surface area contributed by atoms with Crippen LogP contribution in [0.5, 0.6) is 0 Å². The van der Waals surface area contributed by atoms with Crippen LogP contribution in [-0.2, 0) is 9.53 Å². The number of nitrogens with one attached hydrogen (secondary N) is 2. The number of aromatic nitrogens is 2.